The second-order valence-corrected chi connectivity index (χ2v) is 5.99. The van der Waals surface area contributed by atoms with Gasteiger partial charge in [-0.3, -0.25) is 4.79 Å². The highest BCUT2D eigenvalue weighted by Crippen LogP contribution is 2.21. The summed E-state index contributed by atoms with van der Waals surface area (Å²) in [6.45, 7) is 3.84. The molecule has 1 atom stereocenters. The van der Waals surface area contributed by atoms with Crippen molar-refractivity contribution in [3.63, 3.8) is 0 Å². The van der Waals surface area contributed by atoms with Crippen LogP contribution < -0.4 is 5.32 Å². The number of aryl methyl sites for hydroxylation is 1. The number of pyridine rings is 1. The Morgan fingerprint density at radius 3 is 2.74 bits per heavy atom. The average Bonchev–Trinajstić information content (AvgIpc) is 2.75. The molecule has 0 radical (unpaired) electrons. The quantitative estimate of drug-likeness (QED) is 0.880. The molecule has 1 N–H and O–H groups in total. The third-order valence-corrected chi connectivity index (χ3v) is 4.01. The standard InChI is InChI=1S/C12H11Cl2N3OS/c1-6-5-15-12(19-6)7(2)16-11(18)8-3-4-9(13)17-10(8)14/h3-5,7H,1-2H3,(H,16,18). The summed E-state index contributed by atoms with van der Waals surface area (Å²) in [6.07, 6.45) is 1.78. The first-order valence-electron chi connectivity index (χ1n) is 5.52. The molecule has 0 aromatic carbocycles. The summed E-state index contributed by atoms with van der Waals surface area (Å²) in [5.41, 5.74) is 0.297. The normalized spacial score (nSPS) is 12.2. The zero-order valence-corrected chi connectivity index (χ0v) is 12.6. The van der Waals surface area contributed by atoms with Crippen LogP contribution in [0.1, 0.15) is 33.2 Å². The molecule has 4 nitrogen and oxygen atoms in total. The minimum Gasteiger partial charge on any atom is -0.343 e. The van der Waals surface area contributed by atoms with Gasteiger partial charge in [0.1, 0.15) is 15.3 Å². The van der Waals surface area contributed by atoms with E-state index in [1.165, 1.54) is 6.07 Å². The molecule has 0 fully saturated rings. The fraction of sp³-hybridized carbons (Fsp3) is 0.250. The minimum atomic E-state index is -0.297. The van der Waals surface area contributed by atoms with Gasteiger partial charge in [0, 0.05) is 11.1 Å². The summed E-state index contributed by atoms with van der Waals surface area (Å²) in [7, 11) is 0. The lowest BCUT2D eigenvalue weighted by molar-refractivity contribution is 0.0939. The molecule has 0 aliphatic carbocycles. The number of halogens is 2. The first-order chi connectivity index (χ1) is 8.97. The highest BCUT2D eigenvalue weighted by atomic mass is 35.5. The van der Waals surface area contributed by atoms with Crippen molar-refractivity contribution >= 4 is 40.4 Å². The zero-order chi connectivity index (χ0) is 14.0. The van der Waals surface area contributed by atoms with E-state index < -0.39 is 0 Å². The number of amides is 1. The first-order valence-corrected chi connectivity index (χ1v) is 7.10. The van der Waals surface area contributed by atoms with Crippen molar-refractivity contribution < 1.29 is 4.79 Å². The summed E-state index contributed by atoms with van der Waals surface area (Å²) < 4.78 is 0. The predicted octanol–water partition coefficient (Wildman–Crippen LogP) is 3.64. The van der Waals surface area contributed by atoms with E-state index in [0.29, 0.717) is 5.56 Å². The number of hydrogen-bond acceptors (Lipinski definition) is 4. The Labute approximate surface area is 124 Å². The second-order valence-electron chi connectivity index (χ2n) is 3.98. The smallest absolute Gasteiger partial charge is 0.254 e. The lowest BCUT2D eigenvalue weighted by Gasteiger charge is -2.11. The Kier molecular flexibility index (Phi) is 4.39. The van der Waals surface area contributed by atoms with Gasteiger partial charge < -0.3 is 5.32 Å². The van der Waals surface area contributed by atoms with Gasteiger partial charge in [0.25, 0.3) is 5.91 Å². The van der Waals surface area contributed by atoms with Gasteiger partial charge in [-0.15, -0.1) is 11.3 Å². The number of aromatic nitrogens is 2. The topological polar surface area (TPSA) is 54.9 Å². The number of thiazole rings is 1. The van der Waals surface area contributed by atoms with Crippen molar-refractivity contribution in [1.82, 2.24) is 15.3 Å². The van der Waals surface area contributed by atoms with E-state index in [0.717, 1.165) is 9.88 Å². The fourth-order valence-electron chi connectivity index (χ4n) is 1.49. The molecule has 0 aliphatic rings. The van der Waals surface area contributed by atoms with E-state index in [1.807, 2.05) is 13.8 Å². The maximum atomic E-state index is 12.1. The van der Waals surface area contributed by atoms with E-state index in [4.69, 9.17) is 23.2 Å². The molecule has 7 heteroatoms. The molecule has 1 unspecified atom stereocenters. The van der Waals surface area contributed by atoms with Crippen LogP contribution in [0.5, 0.6) is 0 Å². The van der Waals surface area contributed by atoms with Crippen LogP contribution >= 0.6 is 34.5 Å². The molecule has 0 saturated heterocycles. The molecular weight excluding hydrogens is 305 g/mol. The monoisotopic (exact) mass is 315 g/mol. The van der Waals surface area contributed by atoms with Crippen LogP contribution in [0.4, 0.5) is 0 Å². The van der Waals surface area contributed by atoms with Crippen molar-refractivity contribution in [2.75, 3.05) is 0 Å². The Hall–Kier alpha value is -1.17. The third-order valence-electron chi connectivity index (χ3n) is 2.42. The maximum absolute atomic E-state index is 12.1. The Balaban J connectivity index is 2.12. The lowest BCUT2D eigenvalue weighted by atomic mass is 10.2. The number of nitrogens with zero attached hydrogens (tertiary/aromatic N) is 2. The molecular formula is C12H11Cl2N3OS. The minimum absolute atomic E-state index is 0.0903. The van der Waals surface area contributed by atoms with Gasteiger partial charge in [-0.1, -0.05) is 23.2 Å². The molecule has 2 rings (SSSR count). The summed E-state index contributed by atoms with van der Waals surface area (Å²) in [4.78, 5) is 21.2. The Morgan fingerprint density at radius 1 is 1.42 bits per heavy atom. The molecule has 0 saturated carbocycles. The second kappa shape index (κ2) is 5.86. The van der Waals surface area contributed by atoms with Gasteiger partial charge >= 0.3 is 0 Å². The van der Waals surface area contributed by atoms with Crippen LogP contribution in [-0.4, -0.2) is 15.9 Å². The summed E-state index contributed by atoms with van der Waals surface area (Å²) >= 11 is 13.1. The predicted molar refractivity (Wildman–Crippen MR) is 77.0 cm³/mol. The molecule has 2 aromatic rings. The number of carbonyl (C=O) groups is 1. The molecule has 2 aromatic heterocycles. The average molecular weight is 316 g/mol. The summed E-state index contributed by atoms with van der Waals surface area (Å²) in [5, 5.41) is 4.02. The van der Waals surface area contributed by atoms with Gasteiger partial charge in [0.2, 0.25) is 0 Å². The fourth-order valence-corrected chi connectivity index (χ4v) is 2.70. The maximum Gasteiger partial charge on any atom is 0.254 e. The lowest BCUT2D eigenvalue weighted by Crippen LogP contribution is -2.27. The number of hydrogen-bond donors (Lipinski definition) is 1. The highest BCUT2D eigenvalue weighted by molar-refractivity contribution is 7.11. The van der Waals surface area contributed by atoms with Gasteiger partial charge in [0.15, 0.2) is 0 Å². The zero-order valence-electron chi connectivity index (χ0n) is 10.3. The highest BCUT2D eigenvalue weighted by Gasteiger charge is 2.17. The van der Waals surface area contributed by atoms with E-state index >= 15 is 0 Å². The van der Waals surface area contributed by atoms with Gasteiger partial charge in [0.05, 0.1) is 11.6 Å². The SMILES string of the molecule is Cc1cnc(C(C)NC(=O)c2ccc(Cl)nc2Cl)s1. The number of nitrogens with one attached hydrogen (secondary N) is 1. The molecule has 0 aliphatic heterocycles. The van der Waals surface area contributed by atoms with Crippen LogP contribution in [0, 0.1) is 6.92 Å². The Morgan fingerprint density at radius 2 is 2.16 bits per heavy atom. The van der Waals surface area contributed by atoms with E-state index in [1.54, 1.807) is 23.6 Å². The number of rotatable bonds is 3. The largest absolute Gasteiger partial charge is 0.343 e. The van der Waals surface area contributed by atoms with E-state index in [9.17, 15) is 4.79 Å². The van der Waals surface area contributed by atoms with Crippen molar-refractivity contribution in [1.29, 1.82) is 0 Å². The van der Waals surface area contributed by atoms with Crippen LogP contribution in [-0.2, 0) is 0 Å². The van der Waals surface area contributed by atoms with Gasteiger partial charge in [-0.05, 0) is 26.0 Å². The van der Waals surface area contributed by atoms with Crippen LogP contribution in [0.3, 0.4) is 0 Å². The van der Waals surface area contributed by atoms with Crippen molar-refractivity contribution in [3.8, 4) is 0 Å². The molecule has 0 spiro atoms. The van der Waals surface area contributed by atoms with E-state index in [-0.39, 0.29) is 22.3 Å². The summed E-state index contributed by atoms with van der Waals surface area (Å²) in [5.74, 6) is -0.297. The van der Waals surface area contributed by atoms with Crippen LogP contribution in [0.15, 0.2) is 18.3 Å². The molecule has 19 heavy (non-hydrogen) atoms. The Bertz CT molecular complexity index is 615. The summed E-state index contributed by atoms with van der Waals surface area (Å²) in [6, 6.07) is 2.89. The van der Waals surface area contributed by atoms with Crippen molar-refractivity contribution in [3.05, 3.63) is 44.1 Å². The third kappa shape index (κ3) is 3.43. The van der Waals surface area contributed by atoms with Crippen molar-refractivity contribution in [2.24, 2.45) is 0 Å². The molecule has 100 valence electrons. The number of carbonyl (C=O) groups excluding carboxylic acids is 1. The molecule has 0 bridgehead atoms. The molecule has 2 heterocycles. The van der Waals surface area contributed by atoms with Gasteiger partial charge in [-0.25, -0.2) is 9.97 Å². The first kappa shape index (κ1) is 14.2. The van der Waals surface area contributed by atoms with Crippen LogP contribution in [0.2, 0.25) is 10.3 Å². The van der Waals surface area contributed by atoms with Crippen molar-refractivity contribution in [2.45, 2.75) is 19.9 Å². The van der Waals surface area contributed by atoms with Crippen LogP contribution in [0.25, 0.3) is 0 Å². The van der Waals surface area contributed by atoms with E-state index in [2.05, 4.69) is 15.3 Å². The van der Waals surface area contributed by atoms with Gasteiger partial charge in [-0.2, -0.15) is 0 Å². The molecule has 1 amide bonds.